The van der Waals surface area contributed by atoms with Gasteiger partial charge in [-0.3, -0.25) is 4.79 Å². The molecule has 2 aromatic carbocycles. The molecular weight excluding hydrogens is 372 g/mol. The number of hydrogen-bond acceptors (Lipinski definition) is 4. The second-order valence-electron chi connectivity index (χ2n) is 6.20. The van der Waals surface area contributed by atoms with E-state index in [4.69, 9.17) is 11.6 Å². The maximum Gasteiger partial charge on any atom is 0.162 e. The molecular formula is C20H14ClF2N3O. The van der Waals surface area contributed by atoms with Crippen LogP contribution in [0.1, 0.15) is 5.56 Å². The summed E-state index contributed by atoms with van der Waals surface area (Å²) in [4.78, 5) is 17.7. The van der Waals surface area contributed by atoms with Crippen LogP contribution in [0.3, 0.4) is 0 Å². The van der Waals surface area contributed by atoms with Crippen LogP contribution in [0.25, 0.3) is 11.1 Å². The van der Waals surface area contributed by atoms with Gasteiger partial charge in [0.2, 0.25) is 0 Å². The molecule has 1 aromatic heterocycles. The number of carbonyl (C=O) groups excluding carboxylic acids is 1. The fourth-order valence-electron chi connectivity index (χ4n) is 3.06. The Morgan fingerprint density at radius 1 is 1.11 bits per heavy atom. The number of fused-ring (bicyclic) bond motifs is 1. The highest BCUT2D eigenvalue weighted by atomic mass is 35.5. The first-order valence-corrected chi connectivity index (χ1v) is 8.61. The molecule has 0 saturated carbocycles. The van der Waals surface area contributed by atoms with Crippen LogP contribution in [0.2, 0.25) is 5.02 Å². The van der Waals surface area contributed by atoms with E-state index in [1.807, 2.05) is 11.0 Å². The average molecular weight is 386 g/mol. The summed E-state index contributed by atoms with van der Waals surface area (Å²) < 4.78 is 26.6. The third-order valence-electron chi connectivity index (χ3n) is 4.45. The highest BCUT2D eigenvalue weighted by molar-refractivity contribution is 6.31. The van der Waals surface area contributed by atoms with E-state index in [1.165, 1.54) is 24.3 Å². The number of aromatic nitrogens is 1. The fourth-order valence-corrected chi connectivity index (χ4v) is 3.24. The molecule has 136 valence electrons. The summed E-state index contributed by atoms with van der Waals surface area (Å²) >= 11 is 5.88. The van der Waals surface area contributed by atoms with Crippen molar-refractivity contribution in [1.29, 1.82) is 0 Å². The normalized spacial score (nSPS) is 15.4. The number of pyridine rings is 1. The van der Waals surface area contributed by atoms with Crippen LogP contribution >= 0.6 is 11.6 Å². The van der Waals surface area contributed by atoms with E-state index in [9.17, 15) is 13.6 Å². The first-order chi connectivity index (χ1) is 13.0. The van der Waals surface area contributed by atoms with Crippen LogP contribution < -0.4 is 10.2 Å². The number of benzene rings is 2. The molecule has 1 aliphatic heterocycles. The maximum absolute atomic E-state index is 13.4. The summed E-state index contributed by atoms with van der Waals surface area (Å²) in [5.41, 5.74) is 3.04. The minimum Gasteiger partial charge on any atom is -0.342 e. The van der Waals surface area contributed by atoms with Gasteiger partial charge in [0.15, 0.2) is 18.3 Å². The van der Waals surface area contributed by atoms with Crippen LogP contribution in [-0.4, -0.2) is 17.4 Å². The van der Waals surface area contributed by atoms with Gasteiger partial charge in [-0.25, -0.2) is 13.8 Å². The quantitative estimate of drug-likeness (QED) is 0.665. The Kier molecular flexibility index (Phi) is 4.49. The zero-order valence-corrected chi connectivity index (χ0v) is 14.8. The van der Waals surface area contributed by atoms with Crippen molar-refractivity contribution in [2.24, 2.45) is 0 Å². The molecule has 0 bridgehead atoms. The fraction of sp³-hybridized carbons (Fsp3) is 0.100. The number of hydrogen-bond donors (Lipinski definition) is 1. The van der Waals surface area contributed by atoms with E-state index in [-0.39, 0.29) is 10.8 Å². The Labute approximate surface area is 159 Å². The third kappa shape index (κ3) is 3.36. The van der Waals surface area contributed by atoms with Crippen LogP contribution in [0.5, 0.6) is 0 Å². The molecule has 7 heteroatoms. The topological polar surface area (TPSA) is 45.2 Å². The molecule has 1 aliphatic rings. The first kappa shape index (κ1) is 17.4. The molecule has 1 atom stereocenters. The van der Waals surface area contributed by atoms with E-state index in [0.717, 1.165) is 23.1 Å². The molecule has 2 heterocycles. The van der Waals surface area contributed by atoms with Gasteiger partial charge in [0, 0.05) is 18.3 Å². The van der Waals surface area contributed by atoms with Crippen molar-refractivity contribution >= 4 is 29.4 Å². The van der Waals surface area contributed by atoms with Crippen molar-refractivity contribution in [2.75, 3.05) is 10.2 Å². The first-order valence-electron chi connectivity index (χ1n) is 8.23. The third-order valence-corrected chi connectivity index (χ3v) is 4.74. The number of aldehydes is 1. The van der Waals surface area contributed by atoms with Gasteiger partial charge in [-0.15, -0.1) is 0 Å². The van der Waals surface area contributed by atoms with Crippen LogP contribution in [-0.2, 0) is 11.3 Å². The zero-order valence-electron chi connectivity index (χ0n) is 14.0. The molecule has 0 radical (unpaired) electrons. The van der Waals surface area contributed by atoms with Gasteiger partial charge in [-0.2, -0.15) is 0 Å². The highest BCUT2D eigenvalue weighted by Crippen LogP contribution is 2.37. The molecule has 1 unspecified atom stereocenters. The van der Waals surface area contributed by atoms with Crippen molar-refractivity contribution in [1.82, 2.24) is 4.98 Å². The monoisotopic (exact) mass is 385 g/mol. The van der Waals surface area contributed by atoms with Gasteiger partial charge < -0.3 is 10.2 Å². The summed E-state index contributed by atoms with van der Waals surface area (Å²) in [6.07, 6.45) is 1.85. The van der Waals surface area contributed by atoms with Gasteiger partial charge >= 0.3 is 0 Å². The lowest BCUT2D eigenvalue weighted by Crippen LogP contribution is -2.36. The lowest BCUT2D eigenvalue weighted by atomic mass is 10.1. The largest absolute Gasteiger partial charge is 0.342 e. The molecule has 0 fully saturated rings. The van der Waals surface area contributed by atoms with Crippen molar-refractivity contribution in [3.63, 3.8) is 0 Å². The van der Waals surface area contributed by atoms with E-state index < -0.39 is 12.0 Å². The number of rotatable bonds is 4. The van der Waals surface area contributed by atoms with Crippen LogP contribution in [0.4, 0.5) is 20.3 Å². The number of carbonyl (C=O) groups is 1. The average Bonchev–Trinajstić information content (AvgIpc) is 3.02. The summed E-state index contributed by atoms with van der Waals surface area (Å²) in [5.74, 6) is -0.232. The second-order valence-corrected chi connectivity index (χ2v) is 6.61. The van der Waals surface area contributed by atoms with Crippen molar-refractivity contribution in [2.45, 2.75) is 12.7 Å². The Hall–Kier alpha value is -2.99. The summed E-state index contributed by atoms with van der Waals surface area (Å²) in [7, 11) is 0. The van der Waals surface area contributed by atoms with Crippen molar-refractivity contribution in [3.8, 4) is 11.1 Å². The Morgan fingerprint density at radius 2 is 1.89 bits per heavy atom. The number of halogens is 3. The molecule has 1 N–H and O–H groups in total. The van der Waals surface area contributed by atoms with E-state index in [2.05, 4.69) is 10.3 Å². The summed E-state index contributed by atoms with van der Waals surface area (Å²) in [5, 5.41) is 3.08. The molecule has 0 aliphatic carbocycles. The Balaban J connectivity index is 1.71. The minimum absolute atomic E-state index is 0.0278. The van der Waals surface area contributed by atoms with Crippen LogP contribution in [0, 0.1) is 11.6 Å². The van der Waals surface area contributed by atoms with E-state index in [0.29, 0.717) is 17.9 Å². The maximum atomic E-state index is 13.4. The Bertz CT molecular complexity index is 1010. The molecule has 4 nitrogen and oxygen atoms in total. The van der Waals surface area contributed by atoms with Gasteiger partial charge in [0.25, 0.3) is 0 Å². The Morgan fingerprint density at radius 3 is 2.59 bits per heavy atom. The van der Waals surface area contributed by atoms with Crippen LogP contribution in [0.15, 0.2) is 54.7 Å². The lowest BCUT2D eigenvalue weighted by molar-refractivity contribution is -0.108. The zero-order chi connectivity index (χ0) is 19.0. The molecule has 0 spiro atoms. The standard InChI is InChI=1S/C20H14ClF2N3O/c21-16-7-13(3-6-17(16)23)14-8-18-20(24-9-14)25-19(11-27)26(18)10-12-1-4-15(22)5-2-12/h1-9,11,19H,10H2,(H,24,25). The van der Waals surface area contributed by atoms with Gasteiger partial charge in [-0.1, -0.05) is 29.8 Å². The number of anilines is 2. The van der Waals surface area contributed by atoms with Gasteiger partial charge in [0.05, 0.1) is 10.7 Å². The second kappa shape index (κ2) is 6.96. The predicted octanol–water partition coefficient (Wildman–Crippen LogP) is 4.64. The summed E-state index contributed by atoms with van der Waals surface area (Å²) in [6.45, 7) is 0.402. The molecule has 0 saturated heterocycles. The SMILES string of the molecule is O=CC1Nc2ncc(-c3ccc(F)c(Cl)c3)cc2N1Cc1ccc(F)cc1. The van der Waals surface area contributed by atoms with Gasteiger partial charge in [0.1, 0.15) is 11.6 Å². The van der Waals surface area contributed by atoms with E-state index >= 15 is 0 Å². The lowest BCUT2D eigenvalue weighted by Gasteiger charge is -2.23. The molecule has 4 rings (SSSR count). The minimum atomic E-state index is -0.579. The van der Waals surface area contributed by atoms with E-state index in [1.54, 1.807) is 24.4 Å². The number of nitrogens with zero attached hydrogens (tertiary/aromatic N) is 2. The summed E-state index contributed by atoms with van der Waals surface area (Å²) in [6, 6.07) is 12.4. The molecule has 27 heavy (non-hydrogen) atoms. The van der Waals surface area contributed by atoms with Gasteiger partial charge in [-0.05, 0) is 41.5 Å². The van der Waals surface area contributed by atoms with Crippen molar-refractivity contribution < 1.29 is 13.6 Å². The molecule has 0 amide bonds. The highest BCUT2D eigenvalue weighted by Gasteiger charge is 2.30. The molecule has 3 aromatic rings. The predicted molar refractivity (Wildman–Crippen MR) is 101 cm³/mol. The van der Waals surface area contributed by atoms with Crippen molar-refractivity contribution in [3.05, 3.63) is 76.9 Å². The number of nitrogens with one attached hydrogen (secondary N) is 1. The smallest absolute Gasteiger partial charge is 0.162 e.